The molecule has 3 fully saturated rings. The van der Waals surface area contributed by atoms with Crippen LogP contribution in [0.2, 0.25) is 0 Å². The normalized spacial score (nSPS) is 29.2. The van der Waals surface area contributed by atoms with Crippen LogP contribution in [-0.4, -0.2) is 41.0 Å². The van der Waals surface area contributed by atoms with Crippen LogP contribution in [-0.2, 0) is 0 Å². The predicted molar refractivity (Wildman–Crippen MR) is 92.0 cm³/mol. The molecular weight excluding hydrogens is 302 g/mol. The standard InChI is InChI=1S/C19H29N3O2/c23-18(17-13-24-19(21-17)14-7-3-1-4-8-14)20-15-11-16(12-15)22-9-5-2-6-10-22/h13-16H,1-12H2,(H,20,23). The van der Waals surface area contributed by atoms with Gasteiger partial charge in [0.1, 0.15) is 6.26 Å². The van der Waals surface area contributed by atoms with E-state index in [1.165, 1.54) is 51.6 Å². The molecule has 0 radical (unpaired) electrons. The van der Waals surface area contributed by atoms with Gasteiger partial charge in [-0.05, 0) is 51.6 Å². The summed E-state index contributed by atoms with van der Waals surface area (Å²) in [6.07, 6.45) is 13.8. The number of nitrogens with one attached hydrogen (secondary N) is 1. The number of hydrogen-bond acceptors (Lipinski definition) is 4. The maximum atomic E-state index is 12.4. The summed E-state index contributed by atoms with van der Waals surface area (Å²) in [6.45, 7) is 2.47. The molecule has 0 atom stereocenters. The topological polar surface area (TPSA) is 58.4 Å². The van der Waals surface area contributed by atoms with Crippen LogP contribution in [0.4, 0.5) is 0 Å². The quantitative estimate of drug-likeness (QED) is 0.918. The first-order valence-electron chi connectivity index (χ1n) is 9.80. The van der Waals surface area contributed by atoms with Crippen molar-refractivity contribution in [3.63, 3.8) is 0 Å². The van der Waals surface area contributed by atoms with Gasteiger partial charge < -0.3 is 14.6 Å². The Labute approximate surface area is 144 Å². The van der Waals surface area contributed by atoms with Crippen LogP contribution in [0.15, 0.2) is 10.7 Å². The molecule has 4 rings (SSSR count). The highest BCUT2D eigenvalue weighted by atomic mass is 16.3. The molecule has 24 heavy (non-hydrogen) atoms. The highest BCUT2D eigenvalue weighted by Gasteiger charge is 2.35. The number of aromatic nitrogens is 1. The molecular formula is C19H29N3O2. The lowest BCUT2D eigenvalue weighted by molar-refractivity contribution is 0.0674. The SMILES string of the molecule is O=C(NC1CC(N2CCCCC2)C1)c1coc(C2CCCCC2)n1. The third-order valence-corrected chi connectivity index (χ3v) is 6.06. The largest absolute Gasteiger partial charge is 0.448 e. The van der Waals surface area contributed by atoms with Gasteiger partial charge in [0.2, 0.25) is 0 Å². The maximum Gasteiger partial charge on any atom is 0.273 e. The number of amides is 1. The molecule has 3 aliphatic rings. The summed E-state index contributed by atoms with van der Waals surface area (Å²) in [7, 11) is 0. The molecule has 0 bridgehead atoms. The van der Waals surface area contributed by atoms with Crippen molar-refractivity contribution in [1.82, 2.24) is 15.2 Å². The highest BCUT2D eigenvalue weighted by molar-refractivity contribution is 5.92. The smallest absolute Gasteiger partial charge is 0.273 e. The number of piperidine rings is 1. The van der Waals surface area contributed by atoms with Crippen LogP contribution in [0.3, 0.4) is 0 Å². The second kappa shape index (κ2) is 7.26. The van der Waals surface area contributed by atoms with Crippen LogP contribution >= 0.6 is 0 Å². The molecule has 0 aromatic carbocycles. The van der Waals surface area contributed by atoms with Crippen LogP contribution in [0.5, 0.6) is 0 Å². The first-order valence-corrected chi connectivity index (χ1v) is 9.80. The Balaban J connectivity index is 1.26. The average molecular weight is 331 g/mol. The van der Waals surface area contributed by atoms with E-state index in [2.05, 4.69) is 15.2 Å². The van der Waals surface area contributed by atoms with Crippen LogP contribution in [0.1, 0.15) is 86.5 Å². The van der Waals surface area contributed by atoms with Gasteiger partial charge in [0.05, 0.1) is 0 Å². The number of hydrogen-bond donors (Lipinski definition) is 1. The fourth-order valence-corrected chi connectivity index (χ4v) is 4.48. The molecule has 5 heteroatoms. The van der Waals surface area contributed by atoms with Crippen molar-refractivity contribution in [3.8, 4) is 0 Å². The highest BCUT2D eigenvalue weighted by Crippen LogP contribution is 2.32. The number of carbonyl (C=O) groups excluding carboxylic acids is 1. The first kappa shape index (κ1) is 16.1. The zero-order valence-electron chi connectivity index (χ0n) is 14.5. The van der Waals surface area contributed by atoms with Crippen molar-refractivity contribution in [2.24, 2.45) is 0 Å². The minimum Gasteiger partial charge on any atom is -0.448 e. The molecule has 1 saturated heterocycles. The van der Waals surface area contributed by atoms with E-state index in [0.717, 1.165) is 31.6 Å². The maximum absolute atomic E-state index is 12.4. The summed E-state index contributed by atoms with van der Waals surface area (Å²) in [6, 6.07) is 0.977. The van der Waals surface area contributed by atoms with Gasteiger partial charge in [0.15, 0.2) is 11.6 Å². The lowest BCUT2D eigenvalue weighted by atomic mass is 9.84. The number of rotatable bonds is 4. The van der Waals surface area contributed by atoms with E-state index in [1.54, 1.807) is 6.26 Å². The Morgan fingerprint density at radius 1 is 1.08 bits per heavy atom. The van der Waals surface area contributed by atoms with Crippen molar-refractivity contribution in [1.29, 1.82) is 0 Å². The summed E-state index contributed by atoms with van der Waals surface area (Å²) in [5.41, 5.74) is 0.456. The van der Waals surface area contributed by atoms with Gasteiger partial charge in [-0.3, -0.25) is 4.79 Å². The number of likely N-dealkylation sites (tertiary alicyclic amines) is 1. The van der Waals surface area contributed by atoms with E-state index in [9.17, 15) is 4.79 Å². The minimum absolute atomic E-state index is 0.0668. The van der Waals surface area contributed by atoms with Gasteiger partial charge in [-0.2, -0.15) is 0 Å². The lowest BCUT2D eigenvalue weighted by Crippen LogP contribution is -2.54. The number of oxazole rings is 1. The van der Waals surface area contributed by atoms with E-state index < -0.39 is 0 Å². The van der Waals surface area contributed by atoms with Crippen molar-refractivity contribution in [2.75, 3.05) is 13.1 Å². The molecule has 1 aliphatic heterocycles. The van der Waals surface area contributed by atoms with E-state index in [-0.39, 0.29) is 5.91 Å². The molecule has 1 amide bonds. The fourth-order valence-electron chi connectivity index (χ4n) is 4.48. The molecule has 5 nitrogen and oxygen atoms in total. The first-order chi connectivity index (χ1) is 11.8. The number of carbonyl (C=O) groups is 1. The van der Waals surface area contributed by atoms with E-state index in [1.807, 2.05) is 0 Å². The Bertz CT molecular complexity index is 553. The molecule has 1 aromatic rings. The summed E-state index contributed by atoms with van der Waals surface area (Å²) in [4.78, 5) is 19.4. The van der Waals surface area contributed by atoms with Gasteiger partial charge in [-0.25, -0.2) is 4.98 Å². The Morgan fingerprint density at radius 2 is 1.79 bits per heavy atom. The van der Waals surface area contributed by atoms with E-state index in [4.69, 9.17) is 4.42 Å². The molecule has 1 aromatic heterocycles. The fraction of sp³-hybridized carbons (Fsp3) is 0.789. The Kier molecular flexibility index (Phi) is 4.88. The van der Waals surface area contributed by atoms with Gasteiger partial charge in [-0.1, -0.05) is 25.7 Å². The molecule has 2 heterocycles. The summed E-state index contributed by atoms with van der Waals surface area (Å²) >= 11 is 0. The van der Waals surface area contributed by atoms with Crippen molar-refractivity contribution < 1.29 is 9.21 Å². The average Bonchev–Trinajstić information content (AvgIpc) is 3.09. The zero-order chi connectivity index (χ0) is 16.4. The lowest BCUT2D eigenvalue weighted by Gasteiger charge is -2.44. The summed E-state index contributed by atoms with van der Waals surface area (Å²) in [5.74, 6) is 1.11. The zero-order valence-corrected chi connectivity index (χ0v) is 14.5. The summed E-state index contributed by atoms with van der Waals surface area (Å²) in [5, 5.41) is 3.13. The molecule has 132 valence electrons. The van der Waals surface area contributed by atoms with E-state index >= 15 is 0 Å². The third kappa shape index (κ3) is 3.51. The Hall–Kier alpha value is -1.36. The van der Waals surface area contributed by atoms with Gasteiger partial charge >= 0.3 is 0 Å². The molecule has 0 spiro atoms. The van der Waals surface area contributed by atoms with Crippen LogP contribution < -0.4 is 5.32 Å². The van der Waals surface area contributed by atoms with Gasteiger partial charge in [0, 0.05) is 18.0 Å². The second-order valence-electron chi connectivity index (χ2n) is 7.80. The van der Waals surface area contributed by atoms with Crippen molar-refractivity contribution >= 4 is 5.91 Å². The Morgan fingerprint density at radius 3 is 2.54 bits per heavy atom. The van der Waals surface area contributed by atoms with Crippen molar-refractivity contribution in [3.05, 3.63) is 17.8 Å². The molecule has 1 N–H and O–H groups in total. The third-order valence-electron chi connectivity index (χ3n) is 6.06. The van der Waals surface area contributed by atoms with Crippen LogP contribution in [0.25, 0.3) is 0 Å². The summed E-state index contributed by atoms with van der Waals surface area (Å²) < 4.78 is 5.59. The van der Waals surface area contributed by atoms with Gasteiger partial charge in [-0.15, -0.1) is 0 Å². The monoisotopic (exact) mass is 331 g/mol. The molecule has 2 aliphatic carbocycles. The van der Waals surface area contributed by atoms with Crippen molar-refractivity contribution in [2.45, 2.75) is 82.2 Å². The minimum atomic E-state index is -0.0668. The predicted octanol–water partition coefficient (Wildman–Crippen LogP) is 3.47. The second-order valence-corrected chi connectivity index (χ2v) is 7.80. The number of nitrogens with zero attached hydrogens (tertiary/aromatic N) is 2. The van der Waals surface area contributed by atoms with Gasteiger partial charge in [0.25, 0.3) is 5.91 Å². The van der Waals surface area contributed by atoms with Crippen LogP contribution in [0, 0.1) is 0 Å². The molecule has 2 saturated carbocycles. The van der Waals surface area contributed by atoms with E-state index in [0.29, 0.717) is 23.7 Å². The molecule has 0 unspecified atom stereocenters.